The van der Waals surface area contributed by atoms with Crippen LogP contribution < -0.4 is 0 Å². The molecule has 2 rings (SSSR count). The summed E-state index contributed by atoms with van der Waals surface area (Å²) in [6.45, 7) is 2.16. The van der Waals surface area contributed by atoms with Gasteiger partial charge >= 0.3 is 0 Å². The molecule has 1 N–H and O–H groups in total. The maximum atomic E-state index is 9.34. The van der Waals surface area contributed by atoms with Crippen molar-refractivity contribution >= 4 is 0 Å². The molecule has 2 aliphatic carbocycles. The summed E-state index contributed by atoms with van der Waals surface area (Å²) >= 11 is 0. The molecule has 2 atom stereocenters. The first-order chi connectivity index (χ1) is 4.21. The van der Waals surface area contributed by atoms with Crippen LogP contribution in [0.3, 0.4) is 0 Å². The van der Waals surface area contributed by atoms with Crippen LogP contribution in [-0.2, 0) is 0 Å². The average molecular weight is 124 g/mol. The van der Waals surface area contributed by atoms with Gasteiger partial charge in [-0.15, -0.1) is 0 Å². The van der Waals surface area contributed by atoms with Crippen molar-refractivity contribution in [2.45, 2.75) is 26.2 Å². The topological polar surface area (TPSA) is 20.2 Å². The number of allylic oxidation sites excluding steroid dienone is 2. The van der Waals surface area contributed by atoms with Crippen LogP contribution in [0.15, 0.2) is 11.8 Å². The molecule has 2 unspecified atom stereocenters. The Kier molecular flexibility index (Phi) is 0.792. The third-order valence-corrected chi connectivity index (χ3v) is 2.79. The molecule has 50 valence electrons. The summed E-state index contributed by atoms with van der Waals surface area (Å²) in [6.07, 6.45) is 5.71. The second-order valence-corrected chi connectivity index (χ2v) is 3.62. The fourth-order valence-corrected chi connectivity index (χ4v) is 2.09. The highest BCUT2D eigenvalue weighted by atomic mass is 16.3. The number of aliphatic hydroxyl groups excluding tert-OH is 1. The highest BCUT2D eigenvalue weighted by molar-refractivity contribution is 5.19. The molecule has 0 saturated heterocycles. The lowest BCUT2D eigenvalue weighted by atomic mass is 9.89. The smallest absolute Gasteiger partial charge is 0.0944 e. The van der Waals surface area contributed by atoms with Gasteiger partial charge in [0, 0.05) is 5.41 Å². The first-order valence-electron chi connectivity index (χ1n) is 3.62. The van der Waals surface area contributed by atoms with Gasteiger partial charge < -0.3 is 5.11 Å². The second kappa shape index (κ2) is 1.34. The Hall–Kier alpha value is -0.460. The van der Waals surface area contributed by atoms with Crippen molar-refractivity contribution < 1.29 is 5.11 Å². The number of rotatable bonds is 0. The summed E-state index contributed by atoms with van der Waals surface area (Å²) in [5.74, 6) is 1.36. The quantitative estimate of drug-likeness (QED) is 0.525. The highest BCUT2D eigenvalue weighted by Gasteiger charge is 2.42. The van der Waals surface area contributed by atoms with Crippen molar-refractivity contribution in [2.24, 2.45) is 11.3 Å². The van der Waals surface area contributed by atoms with E-state index < -0.39 is 0 Å². The van der Waals surface area contributed by atoms with E-state index >= 15 is 0 Å². The number of aliphatic hydroxyl groups is 1. The summed E-state index contributed by atoms with van der Waals surface area (Å²) in [5.41, 5.74) is 0.185. The lowest BCUT2D eigenvalue weighted by Crippen LogP contribution is -2.11. The Morgan fingerprint density at radius 2 is 2.56 bits per heavy atom. The largest absolute Gasteiger partial charge is 0.512 e. The molecule has 0 heterocycles. The van der Waals surface area contributed by atoms with E-state index in [9.17, 15) is 5.11 Å². The molecule has 1 fully saturated rings. The SMILES string of the molecule is CC12CCC(C=C1O)C2. The minimum atomic E-state index is 0.185. The summed E-state index contributed by atoms with van der Waals surface area (Å²) in [5, 5.41) is 9.34. The molecule has 0 aromatic carbocycles. The fourth-order valence-electron chi connectivity index (χ4n) is 2.09. The minimum absolute atomic E-state index is 0.185. The monoisotopic (exact) mass is 124 g/mol. The van der Waals surface area contributed by atoms with E-state index in [-0.39, 0.29) is 5.41 Å². The zero-order valence-corrected chi connectivity index (χ0v) is 5.72. The van der Waals surface area contributed by atoms with E-state index in [4.69, 9.17) is 0 Å². The summed E-state index contributed by atoms with van der Waals surface area (Å²) in [6, 6.07) is 0. The molecule has 0 aromatic heterocycles. The standard InChI is InChI=1S/C8H12O/c1-8-3-2-6(5-8)4-7(8)9/h4,6,9H,2-3,5H2,1H3. The third-order valence-electron chi connectivity index (χ3n) is 2.79. The van der Waals surface area contributed by atoms with Crippen molar-refractivity contribution in [3.05, 3.63) is 11.8 Å². The van der Waals surface area contributed by atoms with Gasteiger partial charge in [-0.25, -0.2) is 0 Å². The zero-order valence-electron chi connectivity index (χ0n) is 5.72. The van der Waals surface area contributed by atoms with Crippen molar-refractivity contribution in [1.82, 2.24) is 0 Å². The van der Waals surface area contributed by atoms with Gasteiger partial charge in [0.25, 0.3) is 0 Å². The molecule has 9 heavy (non-hydrogen) atoms. The number of hydrogen-bond acceptors (Lipinski definition) is 1. The Morgan fingerprint density at radius 1 is 1.78 bits per heavy atom. The van der Waals surface area contributed by atoms with Gasteiger partial charge in [0.1, 0.15) is 0 Å². The Bertz CT molecular complexity index is 171. The maximum absolute atomic E-state index is 9.34. The Balaban J connectivity index is 2.37. The van der Waals surface area contributed by atoms with Crippen LogP contribution in [0, 0.1) is 11.3 Å². The second-order valence-electron chi connectivity index (χ2n) is 3.62. The van der Waals surface area contributed by atoms with Crippen LogP contribution in [0.2, 0.25) is 0 Å². The molecule has 2 aliphatic rings. The van der Waals surface area contributed by atoms with Crippen LogP contribution in [0.4, 0.5) is 0 Å². The Labute approximate surface area is 55.4 Å². The summed E-state index contributed by atoms with van der Waals surface area (Å²) in [4.78, 5) is 0. The van der Waals surface area contributed by atoms with Crippen molar-refractivity contribution in [1.29, 1.82) is 0 Å². The van der Waals surface area contributed by atoms with E-state index in [0.29, 0.717) is 11.7 Å². The number of fused-ring (bicyclic) bond motifs is 2. The van der Waals surface area contributed by atoms with Crippen LogP contribution in [0.25, 0.3) is 0 Å². The first-order valence-corrected chi connectivity index (χ1v) is 3.62. The molecule has 1 saturated carbocycles. The van der Waals surface area contributed by atoms with Crippen LogP contribution in [0.5, 0.6) is 0 Å². The molecular formula is C8H12O. The van der Waals surface area contributed by atoms with Gasteiger partial charge in [0.05, 0.1) is 5.76 Å². The normalized spacial score (nSPS) is 47.7. The number of hydrogen-bond donors (Lipinski definition) is 1. The van der Waals surface area contributed by atoms with Crippen molar-refractivity contribution in [3.63, 3.8) is 0 Å². The van der Waals surface area contributed by atoms with E-state index in [1.807, 2.05) is 6.08 Å². The summed E-state index contributed by atoms with van der Waals surface area (Å²) in [7, 11) is 0. The molecule has 0 aliphatic heterocycles. The van der Waals surface area contributed by atoms with Crippen LogP contribution in [-0.4, -0.2) is 5.11 Å². The van der Waals surface area contributed by atoms with Gasteiger partial charge in [-0.3, -0.25) is 0 Å². The zero-order chi connectivity index (χ0) is 6.48. The third kappa shape index (κ3) is 0.549. The molecule has 0 aromatic rings. The molecular weight excluding hydrogens is 112 g/mol. The van der Waals surface area contributed by atoms with Gasteiger partial charge in [-0.2, -0.15) is 0 Å². The maximum Gasteiger partial charge on any atom is 0.0944 e. The van der Waals surface area contributed by atoms with Crippen LogP contribution in [0.1, 0.15) is 26.2 Å². The first kappa shape index (κ1) is 5.33. The fraction of sp³-hybridized carbons (Fsp3) is 0.750. The predicted molar refractivity (Wildman–Crippen MR) is 36.2 cm³/mol. The van der Waals surface area contributed by atoms with Gasteiger partial charge in [-0.05, 0) is 31.3 Å². The molecule has 1 nitrogen and oxygen atoms in total. The Morgan fingerprint density at radius 3 is 2.78 bits per heavy atom. The van der Waals surface area contributed by atoms with E-state index in [1.54, 1.807) is 0 Å². The predicted octanol–water partition coefficient (Wildman–Crippen LogP) is 2.25. The minimum Gasteiger partial charge on any atom is -0.512 e. The van der Waals surface area contributed by atoms with Gasteiger partial charge in [-0.1, -0.05) is 6.92 Å². The molecule has 0 radical (unpaired) electrons. The average Bonchev–Trinajstić information content (AvgIpc) is 2.22. The molecule has 0 amide bonds. The molecule has 1 heteroatoms. The van der Waals surface area contributed by atoms with Gasteiger partial charge in [0.15, 0.2) is 0 Å². The van der Waals surface area contributed by atoms with E-state index in [0.717, 1.165) is 0 Å². The van der Waals surface area contributed by atoms with Crippen LogP contribution >= 0.6 is 0 Å². The van der Waals surface area contributed by atoms with E-state index in [1.165, 1.54) is 19.3 Å². The lowest BCUT2D eigenvalue weighted by Gasteiger charge is -2.19. The van der Waals surface area contributed by atoms with E-state index in [2.05, 4.69) is 6.92 Å². The van der Waals surface area contributed by atoms with Crippen molar-refractivity contribution in [2.75, 3.05) is 0 Å². The summed E-state index contributed by atoms with van der Waals surface area (Å²) < 4.78 is 0. The molecule has 0 spiro atoms. The van der Waals surface area contributed by atoms with Gasteiger partial charge in [0.2, 0.25) is 0 Å². The highest BCUT2D eigenvalue weighted by Crippen LogP contribution is 2.52. The van der Waals surface area contributed by atoms with Crippen molar-refractivity contribution in [3.8, 4) is 0 Å². The lowest BCUT2D eigenvalue weighted by molar-refractivity contribution is 0.253. The molecule has 2 bridgehead atoms.